The Balaban J connectivity index is 2.13. The third-order valence-electron chi connectivity index (χ3n) is 4.25. The van der Waals surface area contributed by atoms with Gasteiger partial charge in [-0.3, -0.25) is 14.6 Å². The van der Waals surface area contributed by atoms with Gasteiger partial charge in [0.1, 0.15) is 5.54 Å². The molecule has 3 N–H and O–H groups in total. The molecule has 2 rings (SSSR count). The molecule has 0 bridgehead atoms. The lowest BCUT2D eigenvalue weighted by atomic mass is 9.92. The first-order chi connectivity index (χ1) is 13.0. The van der Waals surface area contributed by atoms with E-state index in [0.29, 0.717) is 17.7 Å². The maximum atomic E-state index is 12.7. The molecule has 8 nitrogen and oxygen atoms in total. The van der Waals surface area contributed by atoms with Crippen molar-refractivity contribution >= 4 is 27.4 Å². The van der Waals surface area contributed by atoms with Crippen molar-refractivity contribution in [1.29, 1.82) is 0 Å². The fraction of sp³-hybridized carbons (Fsp3) is 0.316. The normalized spacial score (nSPS) is 13.4. The number of nitrogens with zero attached hydrogens (tertiary/aromatic N) is 1. The van der Waals surface area contributed by atoms with E-state index in [0.717, 1.165) is 11.8 Å². The summed E-state index contributed by atoms with van der Waals surface area (Å²) in [4.78, 5) is 28.1. The quantitative estimate of drug-likeness (QED) is 0.666. The lowest BCUT2D eigenvalue weighted by Gasteiger charge is -2.24. The van der Waals surface area contributed by atoms with Crippen molar-refractivity contribution in [1.82, 2.24) is 4.98 Å². The highest BCUT2D eigenvalue weighted by molar-refractivity contribution is 7.90. The monoisotopic (exact) mass is 405 g/mol. The number of carbonyl (C=O) groups excluding carboxylic acids is 2. The standard InChI is InChI=1S/C19H23N3O5S/c1-19(20,14-5-7-16(8-6-14)28(3,25)26)18(24)22-15-10-13(11-21-12-15)4-9-17(23)27-2/h5-8,10-12H,4,9,20H2,1-3H3,(H,22,24)/t19-/m1/s1. The third-order valence-corrected chi connectivity index (χ3v) is 5.38. The van der Waals surface area contributed by atoms with Gasteiger partial charge < -0.3 is 15.8 Å². The number of amides is 1. The molecule has 0 aliphatic rings. The minimum absolute atomic E-state index is 0.148. The van der Waals surface area contributed by atoms with Crippen LogP contribution in [0.5, 0.6) is 0 Å². The van der Waals surface area contributed by atoms with Crippen LogP contribution in [0, 0.1) is 0 Å². The molecule has 0 saturated carbocycles. The van der Waals surface area contributed by atoms with Crippen LogP contribution in [0.2, 0.25) is 0 Å². The fourth-order valence-electron chi connectivity index (χ4n) is 2.48. The largest absolute Gasteiger partial charge is 0.469 e. The molecule has 1 amide bonds. The lowest BCUT2D eigenvalue weighted by molar-refractivity contribution is -0.140. The number of hydrogen-bond donors (Lipinski definition) is 2. The van der Waals surface area contributed by atoms with E-state index in [4.69, 9.17) is 5.73 Å². The highest BCUT2D eigenvalue weighted by Crippen LogP contribution is 2.22. The molecule has 0 unspecified atom stereocenters. The average Bonchev–Trinajstić information content (AvgIpc) is 2.65. The predicted octanol–water partition coefficient (Wildman–Crippen LogP) is 1.40. The van der Waals surface area contributed by atoms with Crippen molar-refractivity contribution < 1.29 is 22.7 Å². The number of sulfone groups is 1. The van der Waals surface area contributed by atoms with Crippen LogP contribution in [0.25, 0.3) is 0 Å². The van der Waals surface area contributed by atoms with E-state index in [-0.39, 0.29) is 17.3 Å². The predicted molar refractivity (Wildman–Crippen MR) is 104 cm³/mol. The number of pyridine rings is 1. The van der Waals surface area contributed by atoms with Gasteiger partial charge in [-0.05, 0) is 42.7 Å². The molecule has 1 aromatic carbocycles. The van der Waals surface area contributed by atoms with Crippen molar-refractivity contribution in [3.63, 3.8) is 0 Å². The molecule has 1 heterocycles. The summed E-state index contributed by atoms with van der Waals surface area (Å²) in [6, 6.07) is 7.56. The van der Waals surface area contributed by atoms with E-state index in [1.165, 1.54) is 44.5 Å². The van der Waals surface area contributed by atoms with E-state index in [1.807, 2.05) is 0 Å². The van der Waals surface area contributed by atoms with Crippen LogP contribution in [0.15, 0.2) is 47.6 Å². The number of nitrogens with one attached hydrogen (secondary N) is 1. The van der Waals surface area contributed by atoms with E-state index < -0.39 is 21.3 Å². The van der Waals surface area contributed by atoms with Crippen LogP contribution >= 0.6 is 0 Å². The molecule has 0 aliphatic heterocycles. The number of esters is 1. The summed E-state index contributed by atoms with van der Waals surface area (Å²) in [5.74, 6) is -0.812. The van der Waals surface area contributed by atoms with Gasteiger partial charge in [-0.2, -0.15) is 0 Å². The maximum absolute atomic E-state index is 12.7. The Kier molecular flexibility index (Phi) is 6.52. The molecule has 0 radical (unpaired) electrons. The minimum atomic E-state index is -3.33. The second kappa shape index (κ2) is 8.49. The smallest absolute Gasteiger partial charge is 0.305 e. The van der Waals surface area contributed by atoms with E-state index >= 15 is 0 Å². The number of hydrogen-bond acceptors (Lipinski definition) is 7. The number of ether oxygens (including phenoxy) is 1. The zero-order valence-corrected chi connectivity index (χ0v) is 16.7. The maximum Gasteiger partial charge on any atom is 0.305 e. The molecule has 0 spiro atoms. The van der Waals surface area contributed by atoms with Gasteiger partial charge in [0.25, 0.3) is 0 Å². The number of aromatic nitrogens is 1. The first-order valence-electron chi connectivity index (χ1n) is 8.45. The zero-order chi connectivity index (χ0) is 20.9. The summed E-state index contributed by atoms with van der Waals surface area (Å²) >= 11 is 0. The summed E-state index contributed by atoms with van der Waals surface area (Å²) in [6.07, 6.45) is 4.82. The van der Waals surface area contributed by atoms with Crippen molar-refractivity contribution in [2.24, 2.45) is 5.73 Å². The van der Waals surface area contributed by atoms with Crippen LogP contribution in [-0.2, 0) is 36.1 Å². The average molecular weight is 405 g/mol. The van der Waals surface area contributed by atoms with Crippen molar-refractivity contribution in [3.8, 4) is 0 Å². The fourth-order valence-corrected chi connectivity index (χ4v) is 3.11. The van der Waals surface area contributed by atoms with Crippen molar-refractivity contribution in [2.45, 2.75) is 30.2 Å². The Bertz CT molecular complexity index is 969. The molecule has 0 aliphatic carbocycles. The molecular formula is C19H23N3O5S. The van der Waals surface area contributed by atoms with E-state index in [9.17, 15) is 18.0 Å². The minimum Gasteiger partial charge on any atom is -0.469 e. The van der Waals surface area contributed by atoms with E-state index in [1.54, 1.807) is 12.3 Å². The number of aryl methyl sites for hydroxylation is 1. The number of rotatable bonds is 7. The molecule has 150 valence electrons. The Morgan fingerprint density at radius 3 is 2.43 bits per heavy atom. The van der Waals surface area contributed by atoms with Crippen molar-refractivity contribution in [2.75, 3.05) is 18.7 Å². The zero-order valence-electron chi connectivity index (χ0n) is 15.9. The van der Waals surface area contributed by atoms with Gasteiger partial charge in [0, 0.05) is 18.9 Å². The Hall–Kier alpha value is -2.78. The summed E-state index contributed by atoms with van der Waals surface area (Å²) in [5.41, 5.74) is 6.48. The summed E-state index contributed by atoms with van der Waals surface area (Å²) in [6.45, 7) is 1.53. The Morgan fingerprint density at radius 1 is 1.21 bits per heavy atom. The van der Waals surface area contributed by atoms with Crippen LogP contribution in [0.1, 0.15) is 24.5 Å². The van der Waals surface area contributed by atoms with E-state index in [2.05, 4.69) is 15.0 Å². The van der Waals surface area contributed by atoms with Gasteiger partial charge in [0.2, 0.25) is 5.91 Å². The summed E-state index contributed by atoms with van der Waals surface area (Å²) in [7, 11) is -2.01. The van der Waals surface area contributed by atoms with Gasteiger partial charge in [0.05, 0.1) is 23.9 Å². The highest BCUT2D eigenvalue weighted by atomic mass is 32.2. The number of carbonyl (C=O) groups is 2. The van der Waals surface area contributed by atoms with Crippen LogP contribution in [0.4, 0.5) is 5.69 Å². The first kappa shape index (κ1) is 21.5. The summed E-state index contributed by atoms with van der Waals surface area (Å²) in [5, 5.41) is 2.71. The number of methoxy groups -OCH3 is 1. The molecule has 9 heteroatoms. The number of anilines is 1. The molecule has 0 fully saturated rings. The topological polar surface area (TPSA) is 128 Å². The third kappa shape index (κ3) is 5.37. The van der Waals surface area contributed by atoms with Crippen LogP contribution < -0.4 is 11.1 Å². The SMILES string of the molecule is COC(=O)CCc1cncc(NC(=O)[C@](C)(N)c2ccc(S(C)(=O)=O)cc2)c1. The Labute approximate surface area is 164 Å². The second-order valence-electron chi connectivity index (χ2n) is 6.61. The number of nitrogens with two attached hydrogens (primary N) is 1. The highest BCUT2D eigenvalue weighted by Gasteiger charge is 2.31. The second-order valence-corrected chi connectivity index (χ2v) is 8.63. The molecular weight excluding hydrogens is 382 g/mol. The summed E-state index contributed by atoms with van der Waals surface area (Å²) < 4.78 is 27.7. The molecule has 0 saturated heterocycles. The van der Waals surface area contributed by atoms with Gasteiger partial charge in [-0.25, -0.2) is 8.42 Å². The van der Waals surface area contributed by atoms with Gasteiger partial charge >= 0.3 is 5.97 Å². The van der Waals surface area contributed by atoms with Crippen LogP contribution in [-0.4, -0.2) is 38.6 Å². The first-order valence-corrected chi connectivity index (χ1v) is 10.3. The Morgan fingerprint density at radius 2 is 1.86 bits per heavy atom. The molecule has 28 heavy (non-hydrogen) atoms. The number of benzene rings is 1. The van der Waals surface area contributed by atoms with Crippen LogP contribution in [0.3, 0.4) is 0 Å². The van der Waals surface area contributed by atoms with Gasteiger partial charge in [-0.1, -0.05) is 12.1 Å². The molecule has 2 aromatic rings. The lowest BCUT2D eigenvalue weighted by Crippen LogP contribution is -2.45. The molecule has 1 aromatic heterocycles. The van der Waals surface area contributed by atoms with Gasteiger partial charge in [0.15, 0.2) is 9.84 Å². The molecule has 1 atom stereocenters. The van der Waals surface area contributed by atoms with Gasteiger partial charge in [-0.15, -0.1) is 0 Å². The van der Waals surface area contributed by atoms with Crippen molar-refractivity contribution in [3.05, 3.63) is 53.9 Å².